The number of carbonyl (C=O) groups excluding carboxylic acids is 1. The fourth-order valence-corrected chi connectivity index (χ4v) is 3.05. The van der Waals surface area contributed by atoms with Gasteiger partial charge in [0.15, 0.2) is 0 Å². The lowest BCUT2D eigenvalue weighted by atomic mass is 10.2. The summed E-state index contributed by atoms with van der Waals surface area (Å²) in [5, 5.41) is -0.0905. The van der Waals surface area contributed by atoms with E-state index in [1.165, 1.54) is 11.9 Å². The molecule has 0 N–H and O–H groups in total. The van der Waals surface area contributed by atoms with Crippen molar-refractivity contribution in [2.24, 2.45) is 0 Å². The molecule has 1 heterocycles. The van der Waals surface area contributed by atoms with Gasteiger partial charge in [-0.05, 0) is 36.1 Å². The summed E-state index contributed by atoms with van der Waals surface area (Å²) in [4.78, 5) is 13.0. The highest BCUT2D eigenvalue weighted by Gasteiger charge is 2.18. The van der Waals surface area contributed by atoms with E-state index in [-0.39, 0.29) is 5.24 Å². The third kappa shape index (κ3) is 4.30. The van der Waals surface area contributed by atoms with Crippen molar-refractivity contribution in [1.82, 2.24) is 4.31 Å². The summed E-state index contributed by atoms with van der Waals surface area (Å²) >= 11 is 2.35. The van der Waals surface area contributed by atoms with Crippen molar-refractivity contribution < 1.29 is 8.98 Å². The third-order valence-corrected chi connectivity index (χ3v) is 4.44. The van der Waals surface area contributed by atoms with E-state index < -0.39 is 0 Å². The Morgan fingerprint density at radius 2 is 2.21 bits per heavy atom. The number of hydrogen-bond donors (Lipinski definition) is 0. The van der Waals surface area contributed by atoms with Gasteiger partial charge in [-0.15, -0.1) is 0 Å². The maximum atomic E-state index is 11.9. The zero-order chi connectivity index (χ0) is 13.5. The van der Waals surface area contributed by atoms with Crippen LogP contribution in [0.15, 0.2) is 35.4 Å². The zero-order valence-electron chi connectivity index (χ0n) is 10.9. The van der Waals surface area contributed by atoms with Gasteiger partial charge in [-0.2, -0.15) is 0 Å². The fourth-order valence-electron chi connectivity index (χ4n) is 1.62. The molecule has 5 heteroatoms. The standard InChI is InChI=1S/C14H17NO2S2/c1-2-3-6-11-17-19-14(16)15-10-9-12-7-4-5-8-13(12)18-15/h4-5,7-10H,2-3,6,11H2,1H3. The minimum absolute atomic E-state index is 0.0905. The highest BCUT2D eigenvalue weighted by Crippen LogP contribution is 2.34. The Kier molecular flexibility index (Phi) is 5.82. The van der Waals surface area contributed by atoms with Crippen LogP contribution >= 0.6 is 24.0 Å². The molecule has 0 radical (unpaired) electrons. The Bertz CT molecular complexity index is 463. The predicted octanol–water partition coefficient (Wildman–Crippen LogP) is 4.96. The van der Waals surface area contributed by atoms with Crippen LogP contribution in [-0.2, 0) is 4.18 Å². The van der Waals surface area contributed by atoms with Gasteiger partial charge < -0.3 is 4.18 Å². The normalized spacial score (nSPS) is 13.4. The molecule has 0 bridgehead atoms. The second-order valence-corrected chi connectivity index (χ2v) is 5.92. The molecule has 0 saturated carbocycles. The van der Waals surface area contributed by atoms with E-state index in [9.17, 15) is 4.79 Å². The zero-order valence-corrected chi connectivity index (χ0v) is 12.5. The van der Waals surface area contributed by atoms with Crippen LogP contribution in [0.2, 0.25) is 0 Å². The van der Waals surface area contributed by atoms with Gasteiger partial charge in [0, 0.05) is 11.1 Å². The van der Waals surface area contributed by atoms with Gasteiger partial charge in [0.1, 0.15) is 0 Å². The monoisotopic (exact) mass is 295 g/mol. The molecule has 0 spiro atoms. The van der Waals surface area contributed by atoms with Crippen molar-refractivity contribution in [2.45, 2.75) is 31.1 Å². The van der Waals surface area contributed by atoms with Gasteiger partial charge in [-0.3, -0.25) is 4.79 Å². The lowest BCUT2D eigenvalue weighted by molar-refractivity contribution is 0.251. The molecule has 0 aliphatic carbocycles. The molecule has 1 amide bonds. The molecule has 102 valence electrons. The Balaban J connectivity index is 1.79. The number of fused-ring (bicyclic) bond motifs is 1. The molecular formula is C14H17NO2S2. The Hall–Kier alpha value is -0.910. The summed E-state index contributed by atoms with van der Waals surface area (Å²) in [6.07, 6.45) is 7.03. The lowest BCUT2D eigenvalue weighted by Gasteiger charge is -2.20. The number of amides is 1. The van der Waals surface area contributed by atoms with Crippen molar-refractivity contribution in [3.8, 4) is 0 Å². The Morgan fingerprint density at radius 3 is 3.05 bits per heavy atom. The van der Waals surface area contributed by atoms with Gasteiger partial charge >= 0.3 is 5.24 Å². The first-order chi connectivity index (χ1) is 9.31. The molecule has 2 rings (SSSR count). The summed E-state index contributed by atoms with van der Waals surface area (Å²) < 4.78 is 6.92. The van der Waals surface area contributed by atoms with Crippen LogP contribution < -0.4 is 0 Å². The first-order valence-electron chi connectivity index (χ1n) is 6.39. The second-order valence-electron chi connectivity index (χ2n) is 4.15. The molecule has 0 aromatic heterocycles. The van der Waals surface area contributed by atoms with E-state index in [1.807, 2.05) is 30.3 Å². The average molecular weight is 295 g/mol. The molecule has 0 unspecified atom stereocenters. The quantitative estimate of drug-likeness (QED) is 0.436. The maximum absolute atomic E-state index is 11.9. The summed E-state index contributed by atoms with van der Waals surface area (Å²) in [5.41, 5.74) is 1.14. The largest absolute Gasteiger partial charge is 0.323 e. The van der Waals surface area contributed by atoms with Crippen molar-refractivity contribution in [3.63, 3.8) is 0 Å². The van der Waals surface area contributed by atoms with Crippen LogP contribution in [0.5, 0.6) is 0 Å². The number of hydrogen-bond acceptors (Lipinski definition) is 4. The van der Waals surface area contributed by atoms with Crippen LogP contribution in [0.4, 0.5) is 4.79 Å². The molecular weight excluding hydrogens is 278 g/mol. The van der Waals surface area contributed by atoms with Crippen molar-refractivity contribution in [3.05, 3.63) is 36.0 Å². The average Bonchev–Trinajstić information content (AvgIpc) is 2.46. The first-order valence-corrected chi connectivity index (χ1v) is 7.90. The molecule has 1 aromatic rings. The van der Waals surface area contributed by atoms with Gasteiger partial charge in [0.25, 0.3) is 0 Å². The van der Waals surface area contributed by atoms with Crippen LogP contribution in [0.25, 0.3) is 6.08 Å². The fraction of sp³-hybridized carbons (Fsp3) is 0.357. The summed E-state index contributed by atoms with van der Waals surface area (Å²) in [7, 11) is 0. The Morgan fingerprint density at radius 1 is 1.37 bits per heavy atom. The number of benzene rings is 1. The second kappa shape index (κ2) is 7.62. The van der Waals surface area contributed by atoms with Crippen molar-refractivity contribution in [2.75, 3.05) is 6.61 Å². The molecule has 3 nitrogen and oxygen atoms in total. The number of nitrogens with zero attached hydrogens (tertiary/aromatic N) is 1. The smallest absolute Gasteiger partial charge is 0.307 e. The van der Waals surface area contributed by atoms with Crippen molar-refractivity contribution >= 4 is 35.3 Å². The number of carbonyl (C=O) groups is 1. The van der Waals surface area contributed by atoms with E-state index in [1.54, 1.807) is 10.5 Å². The summed E-state index contributed by atoms with van der Waals surface area (Å²) in [5.74, 6) is 0. The summed E-state index contributed by atoms with van der Waals surface area (Å²) in [6.45, 7) is 2.77. The maximum Gasteiger partial charge on any atom is 0.323 e. The van der Waals surface area contributed by atoms with Crippen LogP contribution in [0.3, 0.4) is 0 Å². The topological polar surface area (TPSA) is 29.5 Å². The van der Waals surface area contributed by atoms with Crippen LogP contribution in [0.1, 0.15) is 31.7 Å². The van der Waals surface area contributed by atoms with E-state index in [4.69, 9.17) is 4.18 Å². The van der Waals surface area contributed by atoms with E-state index in [0.29, 0.717) is 6.61 Å². The highest BCUT2D eigenvalue weighted by molar-refractivity contribution is 8.11. The van der Waals surface area contributed by atoms with Gasteiger partial charge in [-0.1, -0.05) is 38.0 Å². The molecule has 1 aromatic carbocycles. The van der Waals surface area contributed by atoms with Crippen LogP contribution in [-0.4, -0.2) is 16.2 Å². The summed E-state index contributed by atoms with van der Waals surface area (Å²) in [6, 6.07) is 8.01. The highest BCUT2D eigenvalue weighted by atomic mass is 32.2. The molecule has 0 atom stereocenters. The van der Waals surface area contributed by atoms with Crippen molar-refractivity contribution in [1.29, 1.82) is 0 Å². The SMILES string of the molecule is CCCCCOSC(=O)N1C=Cc2ccccc2S1. The number of unbranched alkanes of at least 4 members (excludes halogenated alkanes) is 2. The Labute approximate surface area is 122 Å². The van der Waals surface area contributed by atoms with E-state index in [0.717, 1.165) is 41.8 Å². The first kappa shape index (κ1) is 14.5. The third-order valence-electron chi connectivity index (χ3n) is 2.65. The lowest BCUT2D eigenvalue weighted by Crippen LogP contribution is -2.15. The number of rotatable bonds is 5. The van der Waals surface area contributed by atoms with E-state index >= 15 is 0 Å². The minimum Gasteiger partial charge on any atom is -0.307 e. The van der Waals surface area contributed by atoms with Gasteiger partial charge in [0.2, 0.25) is 0 Å². The molecule has 19 heavy (non-hydrogen) atoms. The minimum atomic E-state index is -0.0905. The van der Waals surface area contributed by atoms with Crippen LogP contribution in [0, 0.1) is 0 Å². The molecule has 0 saturated heterocycles. The molecule has 0 fully saturated rings. The molecule has 1 aliphatic heterocycles. The van der Waals surface area contributed by atoms with E-state index in [2.05, 4.69) is 6.92 Å². The van der Waals surface area contributed by atoms with Gasteiger partial charge in [-0.25, -0.2) is 4.31 Å². The molecule has 1 aliphatic rings. The predicted molar refractivity (Wildman–Crippen MR) is 81.6 cm³/mol. The van der Waals surface area contributed by atoms with Gasteiger partial charge in [0.05, 0.1) is 18.6 Å².